The highest BCUT2D eigenvalue weighted by molar-refractivity contribution is 14.0. The highest BCUT2D eigenvalue weighted by Crippen LogP contribution is 2.20. The molecule has 0 aromatic carbocycles. The summed E-state index contributed by atoms with van der Waals surface area (Å²) in [6.07, 6.45) is 5.40. The second-order valence-electron chi connectivity index (χ2n) is 5.34. The van der Waals surface area contributed by atoms with Gasteiger partial charge in [-0.05, 0) is 31.6 Å². The molecule has 0 amide bonds. The van der Waals surface area contributed by atoms with Crippen LogP contribution in [0.3, 0.4) is 0 Å². The van der Waals surface area contributed by atoms with Crippen molar-refractivity contribution in [3.8, 4) is 0 Å². The second kappa shape index (κ2) is 13.7. The Labute approximate surface area is 158 Å². The zero-order valence-corrected chi connectivity index (χ0v) is 17.3. The fraction of sp³-hybridized carbons (Fsp3) is 0.706. The summed E-state index contributed by atoms with van der Waals surface area (Å²) in [7, 11) is 1.81. The van der Waals surface area contributed by atoms with Crippen molar-refractivity contribution in [3.05, 3.63) is 24.2 Å². The van der Waals surface area contributed by atoms with E-state index in [1.54, 1.807) is 6.26 Å². The van der Waals surface area contributed by atoms with Gasteiger partial charge in [0, 0.05) is 20.1 Å². The molecule has 0 aliphatic rings. The SMILES string of the molecule is CCCCCNC(=NC)NCC(c1ccco1)N(CC)CC.I. The third kappa shape index (κ3) is 8.06. The number of rotatable bonds is 10. The number of nitrogens with zero attached hydrogens (tertiary/aromatic N) is 2. The first-order chi connectivity index (χ1) is 10.8. The summed E-state index contributed by atoms with van der Waals surface area (Å²) in [5.41, 5.74) is 0. The van der Waals surface area contributed by atoms with E-state index in [9.17, 15) is 0 Å². The van der Waals surface area contributed by atoms with Crippen LogP contribution in [-0.4, -0.2) is 44.1 Å². The first-order valence-electron chi connectivity index (χ1n) is 8.48. The predicted octanol–water partition coefficient (Wildman–Crippen LogP) is 3.64. The van der Waals surface area contributed by atoms with Crippen LogP contribution in [0.15, 0.2) is 27.8 Å². The van der Waals surface area contributed by atoms with Crippen LogP contribution in [0.5, 0.6) is 0 Å². The number of likely N-dealkylation sites (N-methyl/N-ethyl adjacent to an activating group) is 1. The second-order valence-corrected chi connectivity index (χ2v) is 5.34. The van der Waals surface area contributed by atoms with Crippen LogP contribution in [-0.2, 0) is 0 Å². The van der Waals surface area contributed by atoms with Crippen molar-refractivity contribution < 1.29 is 4.42 Å². The van der Waals surface area contributed by atoms with Crippen molar-refractivity contribution in [2.24, 2.45) is 4.99 Å². The summed E-state index contributed by atoms with van der Waals surface area (Å²) in [6, 6.07) is 4.21. The monoisotopic (exact) mass is 436 g/mol. The van der Waals surface area contributed by atoms with Gasteiger partial charge < -0.3 is 15.1 Å². The molecule has 23 heavy (non-hydrogen) atoms. The maximum atomic E-state index is 5.62. The van der Waals surface area contributed by atoms with E-state index in [0.717, 1.165) is 37.9 Å². The summed E-state index contributed by atoms with van der Waals surface area (Å²) < 4.78 is 5.62. The number of aliphatic imine (C=N–C) groups is 1. The molecule has 0 bridgehead atoms. The summed E-state index contributed by atoms with van der Waals surface area (Å²) in [4.78, 5) is 6.68. The standard InChI is InChI=1S/C17H32N4O.HI/c1-5-8-9-12-19-17(18-4)20-14-15(21(6-2)7-3)16-11-10-13-22-16;/h10-11,13,15H,5-9,12,14H2,1-4H3,(H2,18,19,20);1H. The lowest BCUT2D eigenvalue weighted by molar-refractivity contribution is 0.193. The molecule has 1 heterocycles. The van der Waals surface area contributed by atoms with E-state index in [2.05, 4.69) is 41.3 Å². The first-order valence-corrected chi connectivity index (χ1v) is 8.48. The molecule has 5 nitrogen and oxygen atoms in total. The van der Waals surface area contributed by atoms with Gasteiger partial charge in [0.1, 0.15) is 5.76 Å². The van der Waals surface area contributed by atoms with Gasteiger partial charge in [-0.15, -0.1) is 24.0 Å². The molecule has 1 atom stereocenters. The minimum Gasteiger partial charge on any atom is -0.468 e. The van der Waals surface area contributed by atoms with Crippen LogP contribution in [0.2, 0.25) is 0 Å². The molecule has 0 spiro atoms. The quantitative estimate of drug-likeness (QED) is 0.255. The van der Waals surface area contributed by atoms with E-state index in [1.165, 1.54) is 19.3 Å². The molecule has 0 aliphatic heterocycles. The zero-order valence-electron chi connectivity index (χ0n) is 15.0. The Bertz CT molecular complexity index is 405. The average Bonchev–Trinajstić information content (AvgIpc) is 3.07. The van der Waals surface area contributed by atoms with E-state index < -0.39 is 0 Å². The van der Waals surface area contributed by atoms with E-state index in [1.807, 2.05) is 19.2 Å². The molecule has 0 radical (unpaired) electrons. The van der Waals surface area contributed by atoms with Gasteiger partial charge in [-0.1, -0.05) is 33.6 Å². The number of unbranched alkanes of at least 4 members (excludes halogenated alkanes) is 2. The number of guanidine groups is 1. The van der Waals surface area contributed by atoms with Crippen molar-refractivity contribution >= 4 is 29.9 Å². The van der Waals surface area contributed by atoms with Gasteiger partial charge in [-0.3, -0.25) is 9.89 Å². The maximum absolute atomic E-state index is 5.62. The average molecular weight is 436 g/mol. The van der Waals surface area contributed by atoms with Crippen LogP contribution < -0.4 is 10.6 Å². The van der Waals surface area contributed by atoms with Gasteiger partial charge in [0.15, 0.2) is 5.96 Å². The molecule has 0 fully saturated rings. The Morgan fingerprint density at radius 1 is 1.22 bits per heavy atom. The van der Waals surface area contributed by atoms with Crippen molar-refractivity contribution in [3.63, 3.8) is 0 Å². The van der Waals surface area contributed by atoms with Crippen LogP contribution >= 0.6 is 24.0 Å². The minimum atomic E-state index is 0. The van der Waals surface area contributed by atoms with Crippen LogP contribution in [0, 0.1) is 0 Å². The van der Waals surface area contributed by atoms with Crippen molar-refractivity contribution in [1.82, 2.24) is 15.5 Å². The fourth-order valence-corrected chi connectivity index (χ4v) is 2.55. The van der Waals surface area contributed by atoms with Gasteiger partial charge in [-0.25, -0.2) is 0 Å². The number of hydrogen-bond donors (Lipinski definition) is 2. The minimum absolute atomic E-state index is 0. The fourth-order valence-electron chi connectivity index (χ4n) is 2.55. The molecule has 1 rings (SSSR count). The molecule has 1 aromatic rings. The lowest BCUT2D eigenvalue weighted by Crippen LogP contribution is -2.43. The first kappa shape index (κ1) is 22.2. The van der Waals surface area contributed by atoms with E-state index in [4.69, 9.17) is 4.42 Å². The highest BCUT2D eigenvalue weighted by atomic mass is 127. The van der Waals surface area contributed by atoms with E-state index >= 15 is 0 Å². The van der Waals surface area contributed by atoms with E-state index in [-0.39, 0.29) is 30.0 Å². The molecule has 0 aliphatic carbocycles. The van der Waals surface area contributed by atoms with Gasteiger partial charge >= 0.3 is 0 Å². The summed E-state index contributed by atoms with van der Waals surface area (Å²) in [5.74, 6) is 1.86. The van der Waals surface area contributed by atoms with Gasteiger partial charge in [0.2, 0.25) is 0 Å². The van der Waals surface area contributed by atoms with Crippen molar-refractivity contribution in [2.45, 2.75) is 46.1 Å². The molecular formula is C17H33IN4O. The highest BCUT2D eigenvalue weighted by Gasteiger charge is 2.20. The number of nitrogens with one attached hydrogen (secondary N) is 2. The Morgan fingerprint density at radius 2 is 1.96 bits per heavy atom. The summed E-state index contributed by atoms with van der Waals surface area (Å²) >= 11 is 0. The molecule has 0 saturated carbocycles. The molecule has 1 aromatic heterocycles. The Balaban J connectivity index is 0.00000484. The smallest absolute Gasteiger partial charge is 0.191 e. The normalized spacial score (nSPS) is 12.8. The predicted molar refractivity (Wildman–Crippen MR) is 109 cm³/mol. The van der Waals surface area contributed by atoms with Gasteiger partial charge in [-0.2, -0.15) is 0 Å². The van der Waals surface area contributed by atoms with Crippen LogP contribution in [0.25, 0.3) is 0 Å². The summed E-state index contributed by atoms with van der Waals surface area (Å²) in [6.45, 7) is 10.3. The number of furan rings is 1. The Hall–Kier alpha value is -0.760. The topological polar surface area (TPSA) is 52.8 Å². The zero-order chi connectivity index (χ0) is 16.2. The van der Waals surface area contributed by atoms with Gasteiger partial charge in [0.25, 0.3) is 0 Å². The number of hydrogen-bond acceptors (Lipinski definition) is 3. The van der Waals surface area contributed by atoms with Crippen molar-refractivity contribution in [1.29, 1.82) is 0 Å². The van der Waals surface area contributed by atoms with Crippen LogP contribution in [0.4, 0.5) is 0 Å². The van der Waals surface area contributed by atoms with Crippen molar-refractivity contribution in [2.75, 3.05) is 33.2 Å². The van der Waals surface area contributed by atoms with E-state index in [0.29, 0.717) is 0 Å². The molecule has 6 heteroatoms. The third-order valence-electron chi connectivity index (χ3n) is 3.88. The maximum Gasteiger partial charge on any atom is 0.191 e. The lowest BCUT2D eigenvalue weighted by atomic mass is 10.2. The molecular weight excluding hydrogens is 403 g/mol. The lowest BCUT2D eigenvalue weighted by Gasteiger charge is -2.28. The van der Waals surface area contributed by atoms with Gasteiger partial charge in [0.05, 0.1) is 12.3 Å². The third-order valence-corrected chi connectivity index (χ3v) is 3.88. The summed E-state index contributed by atoms with van der Waals surface area (Å²) in [5, 5.41) is 6.79. The molecule has 1 unspecified atom stereocenters. The molecule has 0 saturated heterocycles. The molecule has 134 valence electrons. The Kier molecular flexibility index (Phi) is 13.2. The largest absolute Gasteiger partial charge is 0.468 e. The van der Waals surface area contributed by atoms with Crippen LogP contribution in [0.1, 0.15) is 51.8 Å². The number of halogens is 1. The molecule has 2 N–H and O–H groups in total. The Morgan fingerprint density at radius 3 is 2.48 bits per heavy atom.